The average Bonchev–Trinajstić information content (AvgIpc) is 3.09. The van der Waals surface area contributed by atoms with E-state index < -0.39 is 10.0 Å². The van der Waals surface area contributed by atoms with Gasteiger partial charge in [-0.2, -0.15) is 4.31 Å². The van der Waals surface area contributed by atoms with Gasteiger partial charge in [0.1, 0.15) is 0 Å². The molecule has 0 radical (unpaired) electrons. The van der Waals surface area contributed by atoms with Gasteiger partial charge in [0.05, 0.1) is 6.26 Å². The van der Waals surface area contributed by atoms with Gasteiger partial charge in [0, 0.05) is 23.7 Å². The van der Waals surface area contributed by atoms with Gasteiger partial charge < -0.3 is 14.8 Å². The van der Waals surface area contributed by atoms with Gasteiger partial charge in [0.15, 0.2) is 11.5 Å². The van der Waals surface area contributed by atoms with Gasteiger partial charge in [-0.3, -0.25) is 4.79 Å². The van der Waals surface area contributed by atoms with E-state index in [0.29, 0.717) is 29.9 Å². The van der Waals surface area contributed by atoms with Gasteiger partial charge >= 0.3 is 0 Å². The quantitative estimate of drug-likeness (QED) is 0.881. The minimum absolute atomic E-state index is 0.000744. The molecule has 2 bridgehead atoms. The zero-order chi connectivity index (χ0) is 16.9. The van der Waals surface area contributed by atoms with E-state index in [1.165, 1.54) is 6.26 Å². The summed E-state index contributed by atoms with van der Waals surface area (Å²) in [7, 11) is -3.18. The van der Waals surface area contributed by atoms with Crippen molar-refractivity contribution in [3.8, 4) is 11.5 Å². The van der Waals surface area contributed by atoms with Crippen molar-refractivity contribution in [1.29, 1.82) is 0 Å². The molecule has 1 amide bonds. The highest BCUT2D eigenvalue weighted by Gasteiger charge is 2.45. The molecule has 4 rings (SSSR count). The molecule has 0 aliphatic carbocycles. The van der Waals surface area contributed by atoms with E-state index in [1.54, 1.807) is 22.5 Å². The molecule has 1 aromatic rings. The summed E-state index contributed by atoms with van der Waals surface area (Å²) in [6.45, 7) is 0.174. The third-order valence-corrected chi connectivity index (χ3v) is 6.38. The largest absolute Gasteiger partial charge is 0.454 e. The summed E-state index contributed by atoms with van der Waals surface area (Å²) >= 11 is 0. The van der Waals surface area contributed by atoms with Gasteiger partial charge in [-0.15, -0.1) is 0 Å². The van der Waals surface area contributed by atoms with Gasteiger partial charge in [-0.25, -0.2) is 8.42 Å². The lowest BCUT2D eigenvalue weighted by molar-refractivity contribution is 0.0909. The van der Waals surface area contributed by atoms with Crippen LogP contribution in [0.1, 0.15) is 36.0 Å². The summed E-state index contributed by atoms with van der Waals surface area (Å²) in [5.41, 5.74) is 0.525. The van der Waals surface area contributed by atoms with Crippen molar-refractivity contribution in [1.82, 2.24) is 9.62 Å². The average molecular weight is 352 g/mol. The highest BCUT2D eigenvalue weighted by atomic mass is 32.2. The van der Waals surface area contributed by atoms with Crippen molar-refractivity contribution >= 4 is 15.9 Å². The van der Waals surface area contributed by atoms with Crippen LogP contribution in [0.4, 0.5) is 0 Å². The highest BCUT2D eigenvalue weighted by Crippen LogP contribution is 2.38. The number of benzene rings is 1. The number of fused-ring (bicyclic) bond motifs is 3. The lowest BCUT2D eigenvalue weighted by Gasteiger charge is -2.37. The smallest absolute Gasteiger partial charge is 0.251 e. The van der Waals surface area contributed by atoms with Crippen LogP contribution >= 0.6 is 0 Å². The molecule has 130 valence electrons. The number of sulfonamides is 1. The number of rotatable bonds is 3. The van der Waals surface area contributed by atoms with E-state index in [-0.39, 0.29) is 30.8 Å². The number of hydrogen-bond donors (Lipinski definition) is 1. The molecule has 1 aromatic carbocycles. The molecule has 8 heteroatoms. The van der Waals surface area contributed by atoms with Crippen LogP contribution in [0.3, 0.4) is 0 Å². The van der Waals surface area contributed by atoms with Crippen LogP contribution in [-0.4, -0.2) is 49.8 Å². The van der Waals surface area contributed by atoms with Gasteiger partial charge in [-0.1, -0.05) is 0 Å². The second-order valence-corrected chi connectivity index (χ2v) is 8.58. The van der Waals surface area contributed by atoms with Crippen LogP contribution in [0.15, 0.2) is 18.2 Å². The van der Waals surface area contributed by atoms with Crippen LogP contribution in [0.5, 0.6) is 11.5 Å². The molecular weight excluding hydrogens is 332 g/mol. The maximum Gasteiger partial charge on any atom is 0.251 e. The first-order valence-corrected chi connectivity index (χ1v) is 9.95. The summed E-state index contributed by atoms with van der Waals surface area (Å²) in [6.07, 6.45) is 4.34. The number of piperidine rings is 1. The molecule has 0 saturated carbocycles. The van der Waals surface area contributed by atoms with E-state index in [2.05, 4.69) is 5.32 Å². The number of carbonyl (C=O) groups is 1. The van der Waals surface area contributed by atoms with Gasteiger partial charge in [0.2, 0.25) is 16.8 Å². The van der Waals surface area contributed by atoms with E-state index in [0.717, 1.165) is 12.8 Å². The molecule has 24 heavy (non-hydrogen) atoms. The number of carbonyl (C=O) groups excluding carboxylic acids is 1. The minimum atomic E-state index is -3.18. The Bertz CT molecular complexity index is 765. The summed E-state index contributed by atoms with van der Waals surface area (Å²) in [4.78, 5) is 12.5. The van der Waals surface area contributed by atoms with Crippen LogP contribution < -0.4 is 14.8 Å². The van der Waals surface area contributed by atoms with Crippen molar-refractivity contribution in [3.05, 3.63) is 23.8 Å². The van der Waals surface area contributed by atoms with E-state index in [1.807, 2.05) is 0 Å². The standard InChI is InChI=1S/C16H20N2O5S/c1-24(20,21)18-12-3-4-13(18)8-11(7-12)17-16(19)10-2-5-14-15(6-10)23-9-22-14/h2,5-6,11-13H,3-4,7-9H2,1H3,(H,17,19). The van der Waals surface area contributed by atoms with Crippen molar-refractivity contribution in [3.63, 3.8) is 0 Å². The molecule has 2 saturated heterocycles. The predicted molar refractivity (Wildman–Crippen MR) is 86.5 cm³/mol. The first kappa shape index (κ1) is 15.7. The zero-order valence-corrected chi connectivity index (χ0v) is 14.2. The van der Waals surface area contributed by atoms with E-state index in [9.17, 15) is 13.2 Å². The Morgan fingerprint density at radius 1 is 1.17 bits per heavy atom. The Kier molecular flexibility index (Phi) is 3.69. The first-order valence-electron chi connectivity index (χ1n) is 8.11. The minimum Gasteiger partial charge on any atom is -0.454 e. The zero-order valence-electron chi connectivity index (χ0n) is 13.4. The summed E-state index contributed by atoms with van der Waals surface area (Å²) < 4.78 is 36.0. The van der Waals surface area contributed by atoms with Gasteiger partial charge in [-0.05, 0) is 43.9 Å². The first-order chi connectivity index (χ1) is 11.4. The molecular formula is C16H20N2O5S. The fraction of sp³-hybridized carbons (Fsp3) is 0.562. The molecule has 3 aliphatic rings. The number of ether oxygens (including phenoxy) is 2. The Morgan fingerprint density at radius 3 is 2.50 bits per heavy atom. The summed E-state index contributed by atoms with van der Waals surface area (Å²) in [6, 6.07) is 5.12. The normalized spacial score (nSPS) is 28.8. The molecule has 3 heterocycles. The van der Waals surface area contributed by atoms with Crippen molar-refractivity contribution in [2.24, 2.45) is 0 Å². The molecule has 0 spiro atoms. The number of nitrogens with zero attached hydrogens (tertiary/aromatic N) is 1. The molecule has 3 aliphatic heterocycles. The number of amides is 1. The Balaban J connectivity index is 1.45. The molecule has 0 aromatic heterocycles. The highest BCUT2D eigenvalue weighted by molar-refractivity contribution is 7.88. The van der Waals surface area contributed by atoms with Crippen LogP contribution in [0.25, 0.3) is 0 Å². The van der Waals surface area contributed by atoms with Crippen molar-refractivity contribution in [2.75, 3.05) is 13.0 Å². The predicted octanol–water partition coefficient (Wildman–Crippen LogP) is 1.10. The number of nitrogens with one attached hydrogen (secondary N) is 1. The van der Waals surface area contributed by atoms with Crippen LogP contribution in [0.2, 0.25) is 0 Å². The maximum atomic E-state index is 12.5. The monoisotopic (exact) mass is 352 g/mol. The van der Waals surface area contributed by atoms with E-state index in [4.69, 9.17) is 9.47 Å². The third-order valence-electron chi connectivity index (χ3n) is 5.02. The Morgan fingerprint density at radius 2 is 1.83 bits per heavy atom. The number of hydrogen-bond acceptors (Lipinski definition) is 5. The van der Waals surface area contributed by atoms with E-state index >= 15 is 0 Å². The topological polar surface area (TPSA) is 84.9 Å². The maximum absolute atomic E-state index is 12.5. The molecule has 2 unspecified atom stereocenters. The second-order valence-electron chi connectivity index (χ2n) is 6.69. The lowest BCUT2D eigenvalue weighted by Crippen LogP contribution is -2.52. The van der Waals surface area contributed by atoms with Gasteiger partial charge in [0.25, 0.3) is 5.91 Å². The van der Waals surface area contributed by atoms with Crippen molar-refractivity contribution in [2.45, 2.75) is 43.8 Å². The Labute approximate surface area is 141 Å². The molecule has 7 nitrogen and oxygen atoms in total. The molecule has 1 N–H and O–H groups in total. The molecule has 2 fully saturated rings. The lowest BCUT2D eigenvalue weighted by atomic mass is 9.99. The summed E-state index contributed by atoms with van der Waals surface area (Å²) in [5, 5.41) is 3.04. The SMILES string of the molecule is CS(=O)(=O)N1C2CCC1CC(NC(=O)c1ccc3c(c1)OCO3)C2. The van der Waals surface area contributed by atoms with Crippen LogP contribution in [-0.2, 0) is 10.0 Å². The van der Waals surface area contributed by atoms with Crippen molar-refractivity contribution < 1.29 is 22.7 Å². The fourth-order valence-corrected chi connectivity index (χ4v) is 5.57. The Hall–Kier alpha value is -1.80. The second kappa shape index (κ2) is 5.63. The third kappa shape index (κ3) is 2.73. The summed E-state index contributed by atoms with van der Waals surface area (Å²) in [5.74, 6) is 1.06. The molecule has 2 atom stereocenters. The fourth-order valence-electron chi connectivity index (χ4n) is 4.10. The van der Waals surface area contributed by atoms with Crippen LogP contribution in [0, 0.1) is 0 Å².